The first-order valence-electron chi connectivity index (χ1n) is 6.63. The van der Waals surface area contributed by atoms with Crippen LogP contribution in [-0.4, -0.2) is 26.2 Å². The maximum absolute atomic E-state index is 5.46. The molecule has 3 nitrogen and oxygen atoms in total. The molecular formula is C14H26N2O+2. The van der Waals surface area contributed by atoms with E-state index in [9.17, 15) is 0 Å². The van der Waals surface area contributed by atoms with Crippen LogP contribution in [-0.2, 0) is 0 Å². The number of quaternary nitrogens is 2. The first-order valence-corrected chi connectivity index (χ1v) is 6.63. The molecule has 1 aromatic carbocycles. The smallest absolute Gasteiger partial charge is 0.162 e. The van der Waals surface area contributed by atoms with Crippen molar-refractivity contribution in [2.45, 2.75) is 26.8 Å². The largest absolute Gasteiger partial charge is 0.494 e. The molecule has 0 aliphatic carbocycles. The first-order chi connectivity index (χ1) is 8.26. The lowest BCUT2D eigenvalue weighted by Crippen LogP contribution is -3.13. The number of rotatable bonds is 7. The van der Waals surface area contributed by atoms with Crippen LogP contribution in [0.3, 0.4) is 0 Å². The van der Waals surface area contributed by atoms with E-state index >= 15 is 0 Å². The molecule has 0 amide bonds. The third kappa shape index (κ3) is 3.72. The molecule has 0 bridgehead atoms. The Kier molecular flexibility index (Phi) is 6.01. The lowest BCUT2D eigenvalue weighted by molar-refractivity contribution is -0.934. The molecule has 4 N–H and O–H groups in total. The monoisotopic (exact) mass is 238 g/mol. The van der Waals surface area contributed by atoms with Crippen LogP contribution in [0.5, 0.6) is 5.75 Å². The molecule has 1 rings (SSSR count). The molecule has 0 saturated carbocycles. The maximum atomic E-state index is 5.46. The van der Waals surface area contributed by atoms with Crippen molar-refractivity contribution in [3.8, 4) is 5.75 Å². The van der Waals surface area contributed by atoms with Gasteiger partial charge in [-0.05, 0) is 45.0 Å². The van der Waals surface area contributed by atoms with Crippen molar-refractivity contribution in [3.63, 3.8) is 0 Å². The average Bonchev–Trinajstić information content (AvgIpc) is 2.37. The van der Waals surface area contributed by atoms with Crippen LogP contribution in [0.1, 0.15) is 32.4 Å². The van der Waals surface area contributed by atoms with Crippen LogP contribution >= 0.6 is 0 Å². The predicted octanol–water partition coefficient (Wildman–Crippen LogP) is 0.293. The fourth-order valence-corrected chi connectivity index (χ4v) is 2.31. The van der Waals surface area contributed by atoms with Gasteiger partial charge in [-0.2, -0.15) is 0 Å². The summed E-state index contributed by atoms with van der Waals surface area (Å²) in [6, 6.07) is 8.97. The van der Waals surface area contributed by atoms with Gasteiger partial charge in [0.1, 0.15) is 12.3 Å². The second-order valence-electron chi connectivity index (χ2n) is 4.21. The summed E-state index contributed by atoms with van der Waals surface area (Å²) in [6.45, 7) is 10.4. The molecule has 96 valence electrons. The van der Waals surface area contributed by atoms with Gasteiger partial charge in [-0.1, -0.05) is 0 Å². The van der Waals surface area contributed by atoms with E-state index in [0.29, 0.717) is 6.04 Å². The van der Waals surface area contributed by atoms with Crippen LogP contribution in [0.2, 0.25) is 0 Å². The Morgan fingerprint density at radius 1 is 1.12 bits per heavy atom. The van der Waals surface area contributed by atoms with E-state index in [1.54, 1.807) is 4.90 Å². The minimum Gasteiger partial charge on any atom is -0.494 e. The van der Waals surface area contributed by atoms with Gasteiger partial charge in [0.15, 0.2) is 6.04 Å². The first kappa shape index (κ1) is 14.0. The molecule has 1 aromatic rings. The molecular weight excluding hydrogens is 212 g/mol. The Labute approximate surface area is 105 Å². The minimum atomic E-state index is 0.501. The number of hydrogen-bond donors (Lipinski definition) is 2. The van der Waals surface area contributed by atoms with Crippen molar-refractivity contribution in [2.75, 3.05) is 26.2 Å². The van der Waals surface area contributed by atoms with Gasteiger partial charge in [-0.25, -0.2) is 0 Å². The van der Waals surface area contributed by atoms with Gasteiger partial charge in [-0.3, -0.25) is 0 Å². The van der Waals surface area contributed by atoms with Crippen LogP contribution in [0.15, 0.2) is 24.3 Å². The van der Waals surface area contributed by atoms with Gasteiger partial charge < -0.3 is 15.4 Å². The van der Waals surface area contributed by atoms with Crippen molar-refractivity contribution in [2.24, 2.45) is 0 Å². The lowest BCUT2D eigenvalue weighted by atomic mass is 10.1. The maximum Gasteiger partial charge on any atom is 0.162 e. The highest BCUT2D eigenvalue weighted by molar-refractivity contribution is 5.28. The molecule has 0 aliphatic heterocycles. The third-order valence-corrected chi connectivity index (χ3v) is 3.28. The highest BCUT2D eigenvalue weighted by atomic mass is 16.5. The third-order valence-electron chi connectivity index (χ3n) is 3.28. The van der Waals surface area contributed by atoms with Crippen LogP contribution in [0.4, 0.5) is 0 Å². The number of ether oxygens (including phenoxy) is 1. The van der Waals surface area contributed by atoms with Gasteiger partial charge >= 0.3 is 0 Å². The van der Waals surface area contributed by atoms with E-state index < -0.39 is 0 Å². The molecule has 0 unspecified atom stereocenters. The summed E-state index contributed by atoms with van der Waals surface area (Å²) < 4.78 is 5.46. The normalized spacial score (nSPS) is 12.8. The quantitative estimate of drug-likeness (QED) is 0.704. The molecule has 0 saturated heterocycles. The Bertz CT molecular complexity index is 307. The Hall–Kier alpha value is -1.06. The average molecular weight is 238 g/mol. The highest BCUT2D eigenvalue weighted by Gasteiger charge is 2.21. The van der Waals surface area contributed by atoms with Crippen LogP contribution in [0, 0.1) is 0 Å². The fraction of sp³-hybridized carbons (Fsp3) is 0.571. The lowest BCUT2D eigenvalue weighted by Gasteiger charge is -2.24. The van der Waals surface area contributed by atoms with Crippen LogP contribution < -0.4 is 15.4 Å². The number of hydrogen-bond acceptors (Lipinski definition) is 1. The molecule has 3 heteroatoms. The van der Waals surface area contributed by atoms with Gasteiger partial charge in [0, 0.05) is 5.56 Å². The van der Waals surface area contributed by atoms with Gasteiger partial charge in [0.05, 0.1) is 19.7 Å². The Morgan fingerprint density at radius 2 is 1.71 bits per heavy atom. The van der Waals surface area contributed by atoms with Gasteiger partial charge in [0.2, 0.25) is 0 Å². The zero-order valence-electron chi connectivity index (χ0n) is 11.3. The summed E-state index contributed by atoms with van der Waals surface area (Å²) in [7, 11) is 0. The molecule has 1 atom stereocenters. The van der Waals surface area contributed by atoms with Crippen molar-refractivity contribution < 1.29 is 15.4 Å². The summed E-state index contributed by atoms with van der Waals surface area (Å²) in [4.78, 5) is 1.59. The Morgan fingerprint density at radius 3 is 2.12 bits per heavy atom. The van der Waals surface area contributed by atoms with Crippen LogP contribution in [0.25, 0.3) is 0 Å². The minimum absolute atomic E-state index is 0.501. The standard InChI is InChI=1S/C14H24N2O/c1-4-16(5-2)14(11-15)12-7-9-13(10-8-12)17-6-3/h7-10,14H,4-6,11,15H2,1-3H3/p+2/t14-/m0/s1. The van der Waals surface area contributed by atoms with E-state index in [1.807, 2.05) is 6.92 Å². The molecule has 17 heavy (non-hydrogen) atoms. The molecule has 0 heterocycles. The summed E-state index contributed by atoms with van der Waals surface area (Å²) in [5.74, 6) is 0.952. The number of benzene rings is 1. The number of likely N-dealkylation sites (N-methyl/N-ethyl adjacent to an activating group) is 1. The predicted molar refractivity (Wildman–Crippen MR) is 70.2 cm³/mol. The van der Waals surface area contributed by atoms with Crippen molar-refractivity contribution in [3.05, 3.63) is 29.8 Å². The SMILES string of the molecule is CCOc1ccc([C@H](C[NH3+])[NH+](CC)CC)cc1. The molecule has 0 aromatic heterocycles. The molecule has 0 radical (unpaired) electrons. The zero-order valence-corrected chi connectivity index (χ0v) is 11.3. The summed E-state index contributed by atoms with van der Waals surface area (Å²) in [5.41, 5.74) is 5.45. The molecule has 0 spiro atoms. The second kappa shape index (κ2) is 7.30. The molecule has 0 aliphatic rings. The van der Waals surface area contributed by atoms with E-state index in [4.69, 9.17) is 4.74 Å². The van der Waals surface area contributed by atoms with Gasteiger partial charge in [0.25, 0.3) is 0 Å². The summed E-state index contributed by atoms with van der Waals surface area (Å²) in [6.07, 6.45) is 0. The molecule has 0 fully saturated rings. The number of nitrogens with one attached hydrogen (secondary N) is 1. The van der Waals surface area contributed by atoms with E-state index in [1.165, 1.54) is 5.56 Å². The van der Waals surface area contributed by atoms with Crippen molar-refractivity contribution >= 4 is 0 Å². The zero-order chi connectivity index (χ0) is 12.7. The summed E-state index contributed by atoms with van der Waals surface area (Å²) >= 11 is 0. The fourth-order valence-electron chi connectivity index (χ4n) is 2.31. The Balaban J connectivity index is 2.81. The van der Waals surface area contributed by atoms with E-state index in [0.717, 1.165) is 32.0 Å². The second-order valence-corrected chi connectivity index (χ2v) is 4.21. The van der Waals surface area contributed by atoms with Crippen molar-refractivity contribution in [1.82, 2.24) is 0 Å². The highest BCUT2D eigenvalue weighted by Crippen LogP contribution is 2.15. The summed E-state index contributed by atoms with van der Waals surface area (Å²) in [5, 5.41) is 0. The van der Waals surface area contributed by atoms with Crippen molar-refractivity contribution in [1.29, 1.82) is 0 Å². The topological polar surface area (TPSA) is 41.3 Å². The van der Waals surface area contributed by atoms with E-state index in [-0.39, 0.29) is 0 Å². The van der Waals surface area contributed by atoms with Gasteiger partial charge in [-0.15, -0.1) is 0 Å². The van der Waals surface area contributed by atoms with E-state index in [2.05, 4.69) is 43.8 Å².